The number of carbonyl (C=O) groups excluding carboxylic acids is 1. The standard InChI is InChI=1S/C31H42N2O6/c34-22-23-10-12-24(13-11-23)28-20-27(21-33-18-6-2-1-3-7-19-33)38-31(39-28)25-14-16-26(17-15-25)32-29(35)8-4-5-9-30(36)37/h10-17,27-28,31,34H,1-9,18-22H2,(H,32,35)(H,36,37). The number of anilines is 1. The van der Waals surface area contributed by atoms with Gasteiger partial charge < -0.3 is 29.9 Å². The molecule has 3 N–H and O–H groups in total. The molecule has 39 heavy (non-hydrogen) atoms. The summed E-state index contributed by atoms with van der Waals surface area (Å²) < 4.78 is 13.0. The average molecular weight is 539 g/mol. The Bertz CT molecular complexity index is 1030. The molecule has 2 aromatic carbocycles. The van der Waals surface area contributed by atoms with E-state index in [-0.39, 0.29) is 31.1 Å². The van der Waals surface area contributed by atoms with Gasteiger partial charge in [-0.15, -0.1) is 0 Å². The summed E-state index contributed by atoms with van der Waals surface area (Å²) in [5.41, 5.74) is 3.53. The van der Waals surface area contributed by atoms with Gasteiger partial charge in [-0.2, -0.15) is 0 Å². The molecule has 0 aromatic heterocycles. The van der Waals surface area contributed by atoms with Crippen molar-refractivity contribution in [2.75, 3.05) is 25.0 Å². The number of nitrogens with zero attached hydrogens (tertiary/aromatic N) is 1. The van der Waals surface area contributed by atoms with E-state index in [2.05, 4.69) is 10.2 Å². The molecule has 4 rings (SSSR count). The molecule has 0 saturated carbocycles. The molecule has 8 heteroatoms. The van der Waals surface area contributed by atoms with E-state index in [4.69, 9.17) is 14.6 Å². The summed E-state index contributed by atoms with van der Waals surface area (Å²) in [5, 5.41) is 21.1. The van der Waals surface area contributed by atoms with Crippen LogP contribution in [0.5, 0.6) is 0 Å². The predicted molar refractivity (Wildman–Crippen MR) is 149 cm³/mol. The molecule has 3 unspecified atom stereocenters. The molecule has 212 valence electrons. The SMILES string of the molecule is O=C(O)CCCCC(=O)Nc1ccc(C2OC(CN3CCCCCCC3)CC(c3ccc(CO)cc3)O2)cc1. The number of carboxylic acid groups (broad SMARTS) is 1. The van der Waals surface area contributed by atoms with Crippen molar-refractivity contribution in [3.63, 3.8) is 0 Å². The van der Waals surface area contributed by atoms with Gasteiger partial charge >= 0.3 is 5.97 Å². The van der Waals surface area contributed by atoms with Crippen LogP contribution < -0.4 is 5.32 Å². The monoisotopic (exact) mass is 538 g/mol. The maximum absolute atomic E-state index is 12.2. The number of rotatable bonds is 11. The number of nitrogens with one attached hydrogen (secondary N) is 1. The number of hydrogen-bond donors (Lipinski definition) is 3. The van der Waals surface area contributed by atoms with Crippen LogP contribution in [0, 0.1) is 0 Å². The van der Waals surface area contributed by atoms with Crippen molar-refractivity contribution in [2.45, 2.75) is 89.3 Å². The van der Waals surface area contributed by atoms with Crippen LogP contribution in [-0.4, -0.2) is 52.7 Å². The highest BCUT2D eigenvalue weighted by Crippen LogP contribution is 2.38. The molecule has 2 saturated heterocycles. The number of aliphatic carboxylic acids is 1. The van der Waals surface area contributed by atoms with E-state index in [1.54, 1.807) is 0 Å². The molecule has 0 radical (unpaired) electrons. The lowest BCUT2D eigenvalue weighted by molar-refractivity contribution is -0.253. The molecule has 0 bridgehead atoms. The first-order valence-corrected chi connectivity index (χ1v) is 14.3. The van der Waals surface area contributed by atoms with Crippen molar-refractivity contribution in [1.82, 2.24) is 4.90 Å². The smallest absolute Gasteiger partial charge is 0.303 e. The van der Waals surface area contributed by atoms with E-state index in [9.17, 15) is 14.7 Å². The fourth-order valence-electron chi connectivity index (χ4n) is 5.33. The molecule has 2 aliphatic heterocycles. The Kier molecular flexibility index (Phi) is 11.3. The molecular weight excluding hydrogens is 496 g/mol. The van der Waals surface area contributed by atoms with Gasteiger partial charge in [-0.25, -0.2) is 0 Å². The molecule has 2 aromatic rings. The van der Waals surface area contributed by atoms with Gasteiger partial charge in [0.05, 0.1) is 18.8 Å². The number of carboxylic acids is 1. The summed E-state index contributed by atoms with van der Waals surface area (Å²) in [6.45, 7) is 3.10. The number of benzene rings is 2. The van der Waals surface area contributed by atoms with Gasteiger partial charge in [0.25, 0.3) is 0 Å². The summed E-state index contributed by atoms with van der Waals surface area (Å²) in [6.07, 6.45) is 7.90. The van der Waals surface area contributed by atoms with Crippen molar-refractivity contribution in [3.8, 4) is 0 Å². The lowest BCUT2D eigenvalue weighted by Gasteiger charge is -2.38. The number of aliphatic hydroxyl groups is 1. The maximum atomic E-state index is 12.2. The molecule has 3 atom stereocenters. The number of likely N-dealkylation sites (tertiary alicyclic amines) is 1. The van der Waals surface area contributed by atoms with E-state index in [1.165, 1.54) is 32.1 Å². The number of carbonyl (C=O) groups is 2. The fourth-order valence-corrected chi connectivity index (χ4v) is 5.33. The first-order chi connectivity index (χ1) is 19.0. The Hall–Kier alpha value is -2.78. The van der Waals surface area contributed by atoms with Crippen LogP contribution in [0.1, 0.15) is 93.3 Å². The van der Waals surface area contributed by atoms with Crippen LogP contribution in [-0.2, 0) is 25.7 Å². The van der Waals surface area contributed by atoms with Crippen molar-refractivity contribution in [1.29, 1.82) is 0 Å². The number of aliphatic hydroxyl groups excluding tert-OH is 1. The maximum Gasteiger partial charge on any atom is 0.303 e. The highest BCUT2D eigenvalue weighted by molar-refractivity contribution is 5.90. The van der Waals surface area contributed by atoms with E-state index >= 15 is 0 Å². The molecule has 2 heterocycles. The molecule has 1 amide bonds. The van der Waals surface area contributed by atoms with Crippen LogP contribution in [0.3, 0.4) is 0 Å². The lowest BCUT2D eigenvalue weighted by atomic mass is 9.99. The quantitative estimate of drug-likeness (QED) is 0.321. The summed E-state index contributed by atoms with van der Waals surface area (Å²) >= 11 is 0. The van der Waals surface area contributed by atoms with E-state index in [1.807, 2.05) is 48.5 Å². The third kappa shape index (κ3) is 9.42. The van der Waals surface area contributed by atoms with Crippen LogP contribution >= 0.6 is 0 Å². The van der Waals surface area contributed by atoms with Crippen LogP contribution in [0.4, 0.5) is 5.69 Å². The van der Waals surface area contributed by atoms with Gasteiger partial charge in [0, 0.05) is 37.1 Å². The minimum absolute atomic E-state index is 0.0142. The van der Waals surface area contributed by atoms with Gasteiger partial charge in [0.15, 0.2) is 6.29 Å². The Balaban J connectivity index is 1.41. The third-order valence-electron chi connectivity index (χ3n) is 7.54. The normalized spacial score (nSPS) is 22.5. The second-order valence-electron chi connectivity index (χ2n) is 10.7. The first-order valence-electron chi connectivity index (χ1n) is 14.3. The predicted octanol–water partition coefficient (Wildman–Crippen LogP) is 5.57. The lowest BCUT2D eigenvalue weighted by Crippen LogP contribution is -2.40. The summed E-state index contributed by atoms with van der Waals surface area (Å²) in [5.74, 6) is -0.968. The zero-order valence-corrected chi connectivity index (χ0v) is 22.7. The molecule has 2 fully saturated rings. The first kappa shape index (κ1) is 29.2. The zero-order valence-electron chi connectivity index (χ0n) is 22.7. The summed E-state index contributed by atoms with van der Waals surface area (Å²) in [6, 6.07) is 15.5. The van der Waals surface area contributed by atoms with Gasteiger partial charge in [0.2, 0.25) is 5.91 Å². The van der Waals surface area contributed by atoms with Crippen LogP contribution in [0.25, 0.3) is 0 Å². The van der Waals surface area contributed by atoms with Gasteiger partial charge in [-0.1, -0.05) is 55.7 Å². The van der Waals surface area contributed by atoms with Gasteiger partial charge in [-0.05, 0) is 62.0 Å². The zero-order chi connectivity index (χ0) is 27.5. The van der Waals surface area contributed by atoms with Crippen LogP contribution in [0.15, 0.2) is 48.5 Å². The number of ether oxygens (including phenoxy) is 2. The van der Waals surface area contributed by atoms with Crippen molar-refractivity contribution < 1.29 is 29.3 Å². The highest BCUT2D eigenvalue weighted by Gasteiger charge is 2.33. The second-order valence-corrected chi connectivity index (χ2v) is 10.7. The largest absolute Gasteiger partial charge is 0.481 e. The number of unbranched alkanes of at least 4 members (excludes halogenated alkanes) is 1. The minimum Gasteiger partial charge on any atom is -0.481 e. The minimum atomic E-state index is -0.841. The molecular formula is C31H42N2O6. The van der Waals surface area contributed by atoms with E-state index < -0.39 is 12.3 Å². The summed E-state index contributed by atoms with van der Waals surface area (Å²) in [4.78, 5) is 25.4. The van der Waals surface area contributed by atoms with Crippen molar-refractivity contribution in [3.05, 3.63) is 65.2 Å². The topological polar surface area (TPSA) is 108 Å². The van der Waals surface area contributed by atoms with Crippen LogP contribution in [0.2, 0.25) is 0 Å². The number of hydrogen-bond acceptors (Lipinski definition) is 6. The van der Waals surface area contributed by atoms with E-state index in [0.29, 0.717) is 24.9 Å². The Labute approximate surface area is 231 Å². The third-order valence-corrected chi connectivity index (χ3v) is 7.54. The Morgan fingerprint density at radius 3 is 2.15 bits per heavy atom. The summed E-state index contributed by atoms with van der Waals surface area (Å²) in [7, 11) is 0. The van der Waals surface area contributed by atoms with Crippen molar-refractivity contribution >= 4 is 17.6 Å². The number of amides is 1. The van der Waals surface area contributed by atoms with Gasteiger partial charge in [0.1, 0.15) is 0 Å². The van der Waals surface area contributed by atoms with Gasteiger partial charge in [-0.3, -0.25) is 9.59 Å². The molecule has 2 aliphatic rings. The second kappa shape index (κ2) is 15.1. The molecule has 8 nitrogen and oxygen atoms in total. The Morgan fingerprint density at radius 1 is 0.846 bits per heavy atom. The van der Waals surface area contributed by atoms with Crippen molar-refractivity contribution in [2.24, 2.45) is 0 Å². The fraction of sp³-hybridized carbons (Fsp3) is 0.548. The molecule has 0 aliphatic carbocycles. The Morgan fingerprint density at radius 2 is 1.49 bits per heavy atom. The highest BCUT2D eigenvalue weighted by atomic mass is 16.7. The van der Waals surface area contributed by atoms with E-state index in [0.717, 1.165) is 42.7 Å². The molecule has 0 spiro atoms. The average Bonchev–Trinajstić information content (AvgIpc) is 2.93.